The number of carbonyl (C=O) groups excluding carboxylic acids is 1. The molecule has 0 bridgehead atoms. The molecule has 0 radical (unpaired) electrons. The zero-order chi connectivity index (χ0) is 15.3. The second kappa shape index (κ2) is 4.50. The molecule has 0 heterocycles. The van der Waals surface area contributed by atoms with E-state index in [9.17, 15) is 18.0 Å². The Labute approximate surface area is 117 Å². The van der Waals surface area contributed by atoms with Gasteiger partial charge in [-0.05, 0) is 36.5 Å². The van der Waals surface area contributed by atoms with Crippen LogP contribution < -0.4 is 5.32 Å². The zero-order valence-corrected chi connectivity index (χ0v) is 12.4. The summed E-state index contributed by atoms with van der Waals surface area (Å²) in [6.07, 6.45) is -2.77. The Bertz CT molecular complexity index is 446. The summed E-state index contributed by atoms with van der Waals surface area (Å²) in [6, 6.07) is 0. The van der Waals surface area contributed by atoms with Gasteiger partial charge in [-0.2, -0.15) is 13.2 Å². The van der Waals surface area contributed by atoms with Gasteiger partial charge in [0.1, 0.15) is 0 Å². The average Bonchev–Trinajstić information content (AvgIpc) is 2.68. The standard InChI is InChI=1S/C15H22F3NO/c1-13(2)11(14(13,3)4)12(20)19-10-8-6-5-7-9(10)15(16,17)18/h11H,5-8H2,1-4H3,(H,19,20). The van der Waals surface area contributed by atoms with Gasteiger partial charge in [0.05, 0.1) is 5.57 Å². The number of nitrogens with one attached hydrogen (secondary N) is 1. The van der Waals surface area contributed by atoms with Gasteiger partial charge in [-0.25, -0.2) is 0 Å². The van der Waals surface area contributed by atoms with Gasteiger partial charge in [0, 0.05) is 11.6 Å². The van der Waals surface area contributed by atoms with Crippen LogP contribution in [0.15, 0.2) is 11.3 Å². The summed E-state index contributed by atoms with van der Waals surface area (Å²) in [5.41, 5.74) is -0.782. The van der Waals surface area contributed by atoms with Crippen LogP contribution in [-0.4, -0.2) is 12.1 Å². The molecule has 114 valence electrons. The van der Waals surface area contributed by atoms with E-state index in [1.165, 1.54) is 0 Å². The van der Waals surface area contributed by atoms with Gasteiger partial charge in [-0.1, -0.05) is 27.7 Å². The van der Waals surface area contributed by atoms with E-state index < -0.39 is 11.7 Å². The van der Waals surface area contributed by atoms with Crippen LogP contribution in [0.3, 0.4) is 0 Å². The topological polar surface area (TPSA) is 29.1 Å². The van der Waals surface area contributed by atoms with E-state index in [0.717, 1.165) is 0 Å². The molecule has 1 amide bonds. The molecule has 0 aromatic carbocycles. The molecule has 0 aromatic rings. The fourth-order valence-electron chi connectivity index (χ4n) is 3.43. The number of rotatable bonds is 2. The summed E-state index contributed by atoms with van der Waals surface area (Å²) in [5, 5.41) is 2.57. The average molecular weight is 289 g/mol. The molecule has 0 unspecified atom stereocenters. The van der Waals surface area contributed by atoms with Gasteiger partial charge in [0.2, 0.25) is 5.91 Å². The molecule has 2 nitrogen and oxygen atoms in total. The first kappa shape index (κ1) is 15.4. The second-order valence-corrected chi connectivity index (χ2v) is 7.03. The highest BCUT2D eigenvalue weighted by Crippen LogP contribution is 2.68. The lowest BCUT2D eigenvalue weighted by atomic mass is 9.95. The summed E-state index contributed by atoms with van der Waals surface area (Å²) in [5.74, 6) is -0.488. The van der Waals surface area contributed by atoms with E-state index in [1.54, 1.807) is 0 Å². The third-order valence-corrected chi connectivity index (χ3v) is 5.37. The fourth-order valence-corrected chi connectivity index (χ4v) is 3.43. The van der Waals surface area contributed by atoms with Crippen LogP contribution in [-0.2, 0) is 4.79 Å². The van der Waals surface area contributed by atoms with Crippen molar-refractivity contribution in [1.29, 1.82) is 0 Å². The Balaban J connectivity index is 2.17. The minimum atomic E-state index is -4.34. The number of hydrogen-bond donors (Lipinski definition) is 1. The number of hydrogen-bond acceptors (Lipinski definition) is 1. The predicted molar refractivity (Wildman–Crippen MR) is 70.7 cm³/mol. The van der Waals surface area contributed by atoms with Gasteiger partial charge < -0.3 is 5.32 Å². The number of carbonyl (C=O) groups is 1. The van der Waals surface area contributed by atoms with Gasteiger partial charge in [0.15, 0.2) is 0 Å². The highest BCUT2D eigenvalue weighted by molar-refractivity contribution is 5.85. The molecule has 0 aliphatic heterocycles. The maximum atomic E-state index is 13.0. The van der Waals surface area contributed by atoms with Crippen LogP contribution in [0.25, 0.3) is 0 Å². The lowest BCUT2D eigenvalue weighted by Gasteiger charge is -2.23. The molecule has 1 fully saturated rings. The Morgan fingerprint density at radius 1 is 1.10 bits per heavy atom. The maximum absolute atomic E-state index is 13.0. The number of allylic oxidation sites excluding steroid dienone is 2. The first-order valence-electron chi connectivity index (χ1n) is 7.09. The molecule has 0 aromatic heterocycles. The van der Waals surface area contributed by atoms with Crippen molar-refractivity contribution in [3.8, 4) is 0 Å². The van der Waals surface area contributed by atoms with Crippen molar-refractivity contribution in [1.82, 2.24) is 5.32 Å². The monoisotopic (exact) mass is 289 g/mol. The lowest BCUT2D eigenvalue weighted by molar-refractivity contribution is -0.123. The summed E-state index contributed by atoms with van der Waals surface area (Å²) in [6.45, 7) is 7.93. The highest BCUT2D eigenvalue weighted by Gasteiger charge is 2.68. The molecule has 1 N–H and O–H groups in total. The largest absolute Gasteiger partial charge is 0.414 e. The number of halogens is 3. The first-order chi connectivity index (χ1) is 8.99. The molecule has 0 saturated heterocycles. The van der Waals surface area contributed by atoms with E-state index in [4.69, 9.17) is 0 Å². The van der Waals surface area contributed by atoms with Crippen molar-refractivity contribution < 1.29 is 18.0 Å². The Morgan fingerprint density at radius 3 is 2.05 bits per heavy atom. The van der Waals surface area contributed by atoms with Crippen LogP contribution in [0.2, 0.25) is 0 Å². The molecule has 1 saturated carbocycles. The van der Waals surface area contributed by atoms with Crippen molar-refractivity contribution in [3.63, 3.8) is 0 Å². The molecule has 2 aliphatic rings. The predicted octanol–water partition coefficient (Wildman–Crippen LogP) is 4.18. The summed E-state index contributed by atoms with van der Waals surface area (Å²) < 4.78 is 38.9. The third-order valence-electron chi connectivity index (χ3n) is 5.37. The van der Waals surface area contributed by atoms with Crippen LogP contribution in [0.4, 0.5) is 13.2 Å². The molecule has 20 heavy (non-hydrogen) atoms. The smallest absolute Gasteiger partial charge is 0.329 e. The van der Waals surface area contributed by atoms with Crippen LogP contribution in [0.1, 0.15) is 53.4 Å². The van der Waals surface area contributed by atoms with E-state index in [-0.39, 0.29) is 34.8 Å². The van der Waals surface area contributed by atoms with E-state index >= 15 is 0 Å². The number of amides is 1. The van der Waals surface area contributed by atoms with Gasteiger partial charge >= 0.3 is 6.18 Å². The van der Waals surface area contributed by atoms with Crippen molar-refractivity contribution in [2.75, 3.05) is 0 Å². The minimum Gasteiger partial charge on any atom is -0.329 e. The maximum Gasteiger partial charge on any atom is 0.414 e. The van der Waals surface area contributed by atoms with E-state index in [1.807, 2.05) is 27.7 Å². The molecule has 0 spiro atoms. The van der Waals surface area contributed by atoms with Crippen LogP contribution in [0.5, 0.6) is 0 Å². The molecule has 0 atom stereocenters. The molecular weight excluding hydrogens is 267 g/mol. The lowest BCUT2D eigenvalue weighted by Crippen LogP contribution is -2.31. The van der Waals surface area contributed by atoms with Crippen molar-refractivity contribution in [2.24, 2.45) is 16.7 Å². The van der Waals surface area contributed by atoms with E-state index in [2.05, 4.69) is 5.32 Å². The minimum absolute atomic E-state index is 0.0105. The van der Waals surface area contributed by atoms with Crippen molar-refractivity contribution >= 4 is 5.91 Å². The Hall–Kier alpha value is -1.00. The first-order valence-corrected chi connectivity index (χ1v) is 7.09. The summed E-state index contributed by atoms with van der Waals surface area (Å²) in [7, 11) is 0. The van der Waals surface area contributed by atoms with Crippen molar-refractivity contribution in [3.05, 3.63) is 11.3 Å². The van der Waals surface area contributed by atoms with Gasteiger partial charge in [-0.15, -0.1) is 0 Å². The normalized spacial score (nSPS) is 25.6. The van der Waals surface area contributed by atoms with Gasteiger partial charge in [-0.3, -0.25) is 4.79 Å². The van der Waals surface area contributed by atoms with Crippen molar-refractivity contribution in [2.45, 2.75) is 59.6 Å². The highest BCUT2D eigenvalue weighted by atomic mass is 19.4. The quantitative estimate of drug-likeness (QED) is 0.812. The SMILES string of the molecule is CC1(C)C(C(=O)NC2=C(C(F)(F)F)CCCC2)C1(C)C. The summed E-state index contributed by atoms with van der Waals surface area (Å²) >= 11 is 0. The third kappa shape index (κ3) is 2.35. The number of alkyl halides is 3. The fraction of sp³-hybridized carbons (Fsp3) is 0.800. The zero-order valence-electron chi connectivity index (χ0n) is 12.4. The van der Waals surface area contributed by atoms with Crippen LogP contribution >= 0.6 is 0 Å². The molecule has 2 rings (SSSR count). The second-order valence-electron chi connectivity index (χ2n) is 7.03. The molecule has 5 heteroatoms. The van der Waals surface area contributed by atoms with Crippen LogP contribution in [0, 0.1) is 16.7 Å². The molecular formula is C15H22F3NO. The van der Waals surface area contributed by atoms with E-state index in [0.29, 0.717) is 19.3 Å². The van der Waals surface area contributed by atoms with Gasteiger partial charge in [0.25, 0.3) is 0 Å². The summed E-state index contributed by atoms with van der Waals surface area (Å²) in [4.78, 5) is 12.3. The Morgan fingerprint density at radius 2 is 1.60 bits per heavy atom. The molecule has 2 aliphatic carbocycles. The Kier molecular flexibility index (Phi) is 3.46.